The molecule has 2 aromatic heterocycles. The number of hydrogen-bond acceptors (Lipinski definition) is 9. The van der Waals surface area contributed by atoms with Crippen molar-refractivity contribution >= 4 is 28.7 Å². The average molecular weight is 513 g/mol. The number of ether oxygens (including phenoxy) is 1. The highest BCUT2D eigenvalue weighted by Gasteiger charge is 2.44. The van der Waals surface area contributed by atoms with Crippen LogP contribution in [0.25, 0.3) is 11.2 Å². The van der Waals surface area contributed by atoms with Crippen molar-refractivity contribution in [2.75, 3.05) is 37.7 Å². The lowest BCUT2D eigenvalue weighted by molar-refractivity contribution is -0.0421. The highest BCUT2D eigenvalue weighted by Crippen LogP contribution is 2.32. The van der Waals surface area contributed by atoms with E-state index < -0.39 is 24.5 Å². The zero-order valence-corrected chi connectivity index (χ0v) is 21.6. The zero-order valence-electron chi connectivity index (χ0n) is 21.6. The third-order valence-corrected chi connectivity index (χ3v) is 6.50. The van der Waals surface area contributed by atoms with Gasteiger partial charge in [-0.1, -0.05) is 32.9 Å². The van der Waals surface area contributed by atoms with E-state index >= 15 is 0 Å². The number of rotatable bonds is 8. The Morgan fingerprint density at radius 3 is 2.59 bits per heavy atom. The Bertz CT molecular complexity index is 1210. The summed E-state index contributed by atoms with van der Waals surface area (Å²) in [5.41, 5.74) is 8.67. The topological polar surface area (TPSA) is 164 Å². The number of nitrogen functional groups attached to an aromatic ring is 1. The zero-order chi connectivity index (χ0) is 26.7. The van der Waals surface area contributed by atoms with Crippen molar-refractivity contribution in [1.29, 1.82) is 0 Å². The quantitative estimate of drug-likeness (QED) is 0.281. The number of carbonyl (C=O) groups is 1. The number of nitrogens with one attached hydrogen (secondary N) is 2. The summed E-state index contributed by atoms with van der Waals surface area (Å²) in [6.45, 7) is 7.97. The minimum atomic E-state index is -1.16. The maximum absolute atomic E-state index is 12.2. The molecule has 1 aliphatic rings. The molecule has 6 N–H and O–H groups in total. The molecule has 3 aromatic rings. The Morgan fingerprint density at radius 2 is 1.89 bits per heavy atom. The summed E-state index contributed by atoms with van der Waals surface area (Å²) in [7, 11) is 1.90. The number of aliphatic hydroxyl groups excluding tert-OH is 2. The van der Waals surface area contributed by atoms with Crippen LogP contribution in [0.15, 0.2) is 36.9 Å². The molecule has 2 amide bonds. The van der Waals surface area contributed by atoms with Crippen LogP contribution in [-0.4, -0.2) is 85.7 Å². The number of aromatic nitrogens is 4. The standard InChI is InChI=1S/C25H36N8O4/c1-25(2,3)15-6-8-16(9-7-15)31-24(36)27-10-5-11-32(4)12-17-19(34)20(35)23(37-17)33-14-30-18-21(26)28-13-29-22(18)33/h6-9,13-14,17,19-20,23,34-35H,5,10-12H2,1-4H3,(H2,26,28,29)(H2,27,31,36)/t17-,19-,20?,23?/m1/s1. The Balaban J connectivity index is 1.21. The molecule has 2 unspecified atom stereocenters. The Kier molecular flexibility index (Phi) is 7.93. The molecule has 12 nitrogen and oxygen atoms in total. The molecule has 0 spiro atoms. The third-order valence-electron chi connectivity index (χ3n) is 6.50. The molecule has 1 aromatic carbocycles. The number of urea groups is 1. The molecule has 12 heteroatoms. The second-order valence-electron chi connectivity index (χ2n) is 10.5. The molecule has 4 rings (SSSR count). The van der Waals surface area contributed by atoms with E-state index in [0.717, 1.165) is 5.69 Å². The fraction of sp³-hybridized carbons (Fsp3) is 0.520. The first kappa shape index (κ1) is 26.7. The second kappa shape index (κ2) is 11.0. The number of anilines is 2. The van der Waals surface area contributed by atoms with Gasteiger partial charge in [0.05, 0.1) is 6.33 Å². The number of nitrogens with zero attached hydrogens (tertiary/aromatic N) is 5. The van der Waals surface area contributed by atoms with Gasteiger partial charge in [0.15, 0.2) is 17.7 Å². The van der Waals surface area contributed by atoms with Crippen molar-refractivity contribution in [3.05, 3.63) is 42.5 Å². The van der Waals surface area contributed by atoms with E-state index in [9.17, 15) is 15.0 Å². The number of amides is 2. The molecule has 1 fully saturated rings. The summed E-state index contributed by atoms with van der Waals surface area (Å²) in [5.74, 6) is 0.230. The molecule has 1 saturated heterocycles. The minimum Gasteiger partial charge on any atom is -0.387 e. The van der Waals surface area contributed by atoms with Crippen LogP contribution in [-0.2, 0) is 10.2 Å². The molecule has 0 saturated carbocycles. The number of imidazole rings is 1. The highest BCUT2D eigenvalue weighted by atomic mass is 16.6. The number of fused-ring (bicyclic) bond motifs is 1. The highest BCUT2D eigenvalue weighted by molar-refractivity contribution is 5.89. The molecule has 0 radical (unpaired) electrons. The Hall–Kier alpha value is -3.32. The first-order valence-electron chi connectivity index (χ1n) is 12.3. The van der Waals surface area contributed by atoms with Gasteiger partial charge in [-0.15, -0.1) is 0 Å². The molecule has 37 heavy (non-hydrogen) atoms. The number of benzene rings is 1. The van der Waals surface area contributed by atoms with Gasteiger partial charge < -0.3 is 36.2 Å². The summed E-state index contributed by atoms with van der Waals surface area (Å²) in [5, 5.41) is 26.9. The average Bonchev–Trinajstić information content (AvgIpc) is 3.39. The van der Waals surface area contributed by atoms with E-state index in [1.807, 2.05) is 36.2 Å². The van der Waals surface area contributed by atoms with Gasteiger partial charge in [0.2, 0.25) is 0 Å². The molecular weight excluding hydrogens is 476 g/mol. The molecule has 3 heterocycles. The number of carbonyl (C=O) groups excluding carboxylic acids is 1. The van der Waals surface area contributed by atoms with Crippen molar-refractivity contribution in [3.8, 4) is 0 Å². The molecule has 0 bridgehead atoms. The smallest absolute Gasteiger partial charge is 0.319 e. The molecule has 4 atom stereocenters. The van der Waals surface area contributed by atoms with E-state index in [-0.39, 0.29) is 17.3 Å². The van der Waals surface area contributed by atoms with Gasteiger partial charge in [0.1, 0.15) is 30.2 Å². The predicted molar refractivity (Wildman–Crippen MR) is 140 cm³/mol. The largest absolute Gasteiger partial charge is 0.387 e. The fourth-order valence-corrected chi connectivity index (χ4v) is 4.34. The lowest BCUT2D eigenvalue weighted by Gasteiger charge is -2.22. The van der Waals surface area contributed by atoms with E-state index in [1.165, 1.54) is 18.2 Å². The summed E-state index contributed by atoms with van der Waals surface area (Å²) < 4.78 is 7.55. The van der Waals surface area contributed by atoms with E-state index in [4.69, 9.17) is 10.5 Å². The molecule has 200 valence electrons. The van der Waals surface area contributed by atoms with Crippen LogP contribution in [0.1, 0.15) is 39.0 Å². The lowest BCUT2D eigenvalue weighted by atomic mass is 9.87. The number of hydrogen-bond donors (Lipinski definition) is 5. The van der Waals surface area contributed by atoms with Crippen LogP contribution in [0, 0.1) is 0 Å². The number of nitrogens with two attached hydrogens (primary N) is 1. The fourth-order valence-electron chi connectivity index (χ4n) is 4.34. The van der Waals surface area contributed by atoms with Crippen LogP contribution in [0.5, 0.6) is 0 Å². The molecular formula is C25H36N8O4. The van der Waals surface area contributed by atoms with Crippen LogP contribution in [0.2, 0.25) is 0 Å². The van der Waals surface area contributed by atoms with Crippen LogP contribution in [0.4, 0.5) is 16.3 Å². The van der Waals surface area contributed by atoms with Crippen LogP contribution in [0.3, 0.4) is 0 Å². The van der Waals surface area contributed by atoms with Gasteiger partial charge in [0, 0.05) is 18.8 Å². The van der Waals surface area contributed by atoms with Gasteiger partial charge in [-0.25, -0.2) is 19.7 Å². The SMILES string of the molecule is CN(CCCNC(=O)Nc1ccc(C(C)(C)C)cc1)C[C@H]1OC(n2cnc3c(N)ncnc32)C(O)[C@@H]1O. The summed E-state index contributed by atoms with van der Waals surface area (Å²) >= 11 is 0. The first-order chi connectivity index (χ1) is 17.5. The van der Waals surface area contributed by atoms with Crippen molar-refractivity contribution in [2.24, 2.45) is 0 Å². The van der Waals surface area contributed by atoms with Crippen molar-refractivity contribution in [2.45, 2.75) is 57.1 Å². The Labute approximate surface area is 215 Å². The normalized spacial score (nSPS) is 22.0. The summed E-state index contributed by atoms with van der Waals surface area (Å²) in [6.07, 6.45) is -0.227. The van der Waals surface area contributed by atoms with Gasteiger partial charge in [0.25, 0.3) is 0 Å². The van der Waals surface area contributed by atoms with Gasteiger partial charge in [-0.2, -0.15) is 0 Å². The van der Waals surface area contributed by atoms with Crippen LogP contribution < -0.4 is 16.4 Å². The van der Waals surface area contributed by atoms with Gasteiger partial charge >= 0.3 is 6.03 Å². The number of aliphatic hydroxyl groups is 2. The third kappa shape index (κ3) is 6.16. The van der Waals surface area contributed by atoms with Crippen molar-refractivity contribution < 1.29 is 19.7 Å². The monoisotopic (exact) mass is 512 g/mol. The van der Waals surface area contributed by atoms with Crippen molar-refractivity contribution in [1.82, 2.24) is 29.7 Å². The summed E-state index contributed by atoms with van der Waals surface area (Å²) in [4.78, 5) is 26.5. The molecule has 1 aliphatic heterocycles. The predicted octanol–water partition coefficient (Wildman–Crippen LogP) is 1.47. The number of likely N-dealkylation sites (N-methyl/N-ethyl adjacent to an activating group) is 1. The minimum absolute atomic E-state index is 0.0583. The van der Waals surface area contributed by atoms with Gasteiger partial charge in [-0.3, -0.25) is 4.57 Å². The maximum atomic E-state index is 12.2. The van der Waals surface area contributed by atoms with E-state index in [2.05, 4.69) is 46.4 Å². The lowest BCUT2D eigenvalue weighted by Crippen LogP contribution is -2.39. The first-order valence-corrected chi connectivity index (χ1v) is 12.3. The second-order valence-corrected chi connectivity index (χ2v) is 10.5. The van der Waals surface area contributed by atoms with E-state index in [0.29, 0.717) is 37.2 Å². The Morgan fingerprint density at radius 1 is 1.16 bits per heavy atom. The van der Waals surface area contributed by atoms with Gasteiger partial charge in [-0.05, 0) is 43.1 Å². The van der Waals surface area contributed by atoms with E-state index in [1.54, 1.807) is 4.57 Å². The van der Waals surface area contributed by atoms with Crippen LogP contribution >= 0.6 is 0 Å². The van der Waals surface area contributed by atoms with Crippen molar-refractivity contribution in [3.63, 3.8) is 0 Å². The maximum Gasteiger partial charge on any atom is 0.319 e. The molecule has 0 aliphatic carbocycles. The summed E-state index contributed by atoms with van der Waals surface area (Å²) in [6, 6.07) is 7.57.